The van der Waals surface area contributed by atoms with Gasteiger partial charge in [-0.2, -0.15) is 0 Å². The summed E-state index contributed by atoms with van der Waals surface area (Å²) in [5.41, 5.74) is 0.827. The van der Waals surface area contributed by atoms with Crippen LogP contribution in [0.15, 0.2) is 16.6 Å². The number of thiazole rings is 1. The molecule has 0 aliphatic carbocycles. The Morgan fingerprint density at radius 1 is 1.38 bits per heavy atom. The topological polar surface area (TPSA) is 68.7 Å². The molecule has 1 aromatic heterocycles. The molecule has 7 heteroatoms. The molecule has 2 aromatic rings. The number of ether oxygens (including phenoxy) is 2. The highest BCUT2D eigenvalue weighted by molar-refractivity contribution is 9.10. The molecule has 0 saturated carbocycles. The van der Waals surface area contributed by atoms with Crippen molar-refractivity contribution in [1.29, 1.82) is 0 Å². The van der Waals surface area contributed by atoms with E-state index in [4.69, 9.17) is 9.47 Å². The Morgan fingerprint density at radius 2 is 2.14 bits per heavy atom. The van der Waals surface area contributed by atoms with Gasteiger partial charge in [0.1, 0.15) is 0 Å². The van der Waals surface area contributed by atoms with Gasteiger partial charge in [0, 0.05) is 6.42 Å². The molecule has 1 aromatic carbocycles. The van der Waals surface area contributed by atoms with E-state index in [1.807, 2.05) is 12.1 Å². The zero-order valence-electron chi connectivity index (χ0n) is 11.2. The lowest BCUT2D eigenvalue weighted by Crippen LogP contribution is -1.99. The number of benzene rings is 1. The van der Waals surface area contributed by atoms with Gasteiger partial charge in [-0.3, -0.25) is 0 Å². The van der Waals surface area contributed by atoms with Crippen molar-refractivity contribution >= 4 is 33.2 Å². The van der Waals surface area contributed by atoms with Crippen LogP contribution in [0.25, 0.3) is 10.4 Å². The van der Waals surface area contributed by atoms with Crippen LogP contribution in [0.5, 0.6) is 11.5 Å². The number of halogens is 1. The molecule has 1 aliphatic rings. The van der Waals surface area contributed by atoms with Crippen molar-refractivity contribution in [3.8, 4) is 21.9 Å². The largest absolute Gasteiger partial charge is 0.489 e. The van der Waals surface area contributed by atoms with Gasteiger partial charge in [-0.1, -0.05) is 0 Å². The molecule has 1 N–H and O–H groups in total. The number of carboxylic acids is 1. The van der Waals surface area contributed by atoms with E-state index < -0.39 is 5.97 Å². The van der Waals surface area contributed by atoms with Crippen LogP contribution in [0.1, 0.15) is 21.9 Å². The van der Waals surface area contributed by atoms with E-state index in [2.05, 4.69) is 20.9 Å². The third-order valence-electron chi connectivity index (χ3n) is 3.00. The summed E-state index contributed by atoms with van der Waals surface area (Å²) in [6, 6.07) is 3.65. The first-order chi connectivity index (χ1) is 10.1. The van der Waals surface area contributed by atoms with E-state index >= 15 is 0 Å². The first-order valence-corrected chi connectivity index (χ1v) is 7.97. The number of aromatic nitrogens is 1. The highest BCUT2D eigenvalue weighted by atomic mass is 79.9. The molecule has 0 atom stereocenters. The van der Waals surface area contributed by atoms with E-state index in [1.165, 1.54) is 11.3 Å². The number of aryl methyl sites for hydroxylation is 1. The van der Waals surface area contributed by atoms with Crippen LogP contribution in [0, 0.1) is 6.92 Å². The van der Waals surface area contributed by atoms with Crippen molar-refractivity contribution in [1.82, 2.24) is 4.98 Å². The summed E-state index contributed by atoms with van der Waals surface area (Å²) in [5.74, 6) is 0.256. The molecule has 110 valence electrons. The van der Waals surface area contributed by atoms with Gasteiger partial charge in [-0.05, 0) is 40.5 Å². The second-order valence-corrected chi connectivity index (χ2v) is 6.61. The molecule has 3 rings (SSSR count). The highest BCUT2D eigenvalue weighted by Crippen LogP contribution is 2.42. The van der Waals surface area contributed by atoms with Crippen molar-refractivity contribution in [2.24, 2.45) is 0 Å². The summed E-state index contributed by atoms with van der Waals surface area (Å²) >= 11 is 4.82. The number of fused-ring (bicyclic) bond motifs is 1. The second kappa shape index (κ2) is 5.65. The number of nitrogens with zero attached hydrogens (tertiary/aromatic N) is 1. The standard InChI is InChI=1S/C14H12BrNO4S/c1-7-16-11(14(17)18)13(21-7)8-5-9(15)12-10(6-8)19-3-2-4-20-12/h5-6H,2-4H2,1H3,(H,17,18). The molecule has 0 fully saturated rings. The SMILES string of the molecule is Cc1nc(C(=O)O)c(-c2cc(Br)c3c(c2)OCCCO3)s1. The average molecular weight is 370 g/mol. The zero-order valence-corrected chi connectivity index (χ0v) is 13.6. The molecule has 0 unspecified atom stereocenters. The van der Waals surface area contributed by atoms with Crippen molar-refractivity contribution in [3.05, 3.63) is 27.3 Å². The first-order valence-electron chi connectivity index (χ1n) is 6.36. The van der Waals surface area contributed by atoms with Gasteiger partial charge < -0.3 is 14.6 Å². The van der Waals surface area contributed by atoms with Gasteiger partial charge in [0.25, 0.3) is 0 Å². The summed E-state index contributed by atoms with van der Waals surface area (Å²) in [6.07, 6.45) is 0.816. The fraction of sp³-hybridized carbons (Fsp3) is 0.286. The van der Waals surface area contributed by atoms with Crippen LogP contribution in [-0.2, 0) is 0 Å². The molecule has 5 nitrogen and oxygen atoms in total. The van der Waals surface area contributed by atoms with Gasteiger partial charge in [0.05, 0.1) is 27.6 Å². The summed E-state index contributed by atoms with van der Waals surface area (Å²) in [5, 5.41) is 9.98. The normalized spacial score (nSPS) is 13.8. The fourth-order valence-corrected chi connectivity index (χ4v) is 3.58. The van der Waals surface area contributed by atoms with Gasteiger partial charge in [0.15, 0.2) is 17.2 Å². The van der Waals surface area contributed by atoms with Crippen LogP contribution in [0.4, 0.5) is 0 Å². The van der Waals surface area contributed by atoms with Crippen LogP contribution >= 0.6 is 27.3 Å². The van der Waals surface area contributed by atoms with Crippen molar-refractivity contribution < 1.29 is 19.4 Å². The summed E-state index contributed by atoms with van der Waals surface area (Å²) < 4.78 is 12.1. The van der Waals surface area contributed by atoms with Gasteiger partial charge >= 0.3 is 5.97 Å². The number of carboxylic acid groups (broad SMARTS) is 1. The smallest absolute Gasteiger partial charge is 0.356 e. The van der Waals surface area contributed by atoms with E-state index in [0.717, 1.165) is 16.5 Å². The molecule has 21 heavy (non-hydrogen) atoms. The van der Waals surface area contributed by atoms with Gasteiger partial charge in [0.2, 0.25) is 0 Å². The Morgan fingerprint density at radius 3 is 2.90 bits per heavy atom. The Bertz CT molecular complexity index is 713. The number of aromatic carboxylic acids is 1. The maximum absolute atomic E-state index is 11.3. The van der Waals surface area contributed by atoms with Crippen molar-refractivity contribution in [3.63, 3.8) is 0 Å². The Hall–Kier alpha value is -1.60. The third kappa shape index (κ3) is 2.75. The average Bonchev–Trinajstić information content (AvgIpc) is 2.67. The lowest BCUT2D eigenvalue weighted by atomic mass is 10.1. The molecule has 0 radical (unpaired) electrons. The summed E-state index contributed by atoms with van der Waals surface area (Å²) in [7, 11) is 0. The number of hydrogen-bond donors (Lipinski definition) is 1. The number of rotatable bonds is 2. The number of carbonyl (C=O) groups is 1. The quantitative estimate of drug-likeness (QED) is 0.872. The van der Waals surface area contributed by atoms with Crippen LogP contribution < -0.4 is 9.47 Å². The van der Waals surface area contributed by atoms with Crippen LogP contribution in [0.3, 0.4) is 0 Å². The lowest BCUT2D eigenvalue weighted by Gasteiger charge is -2.11. The Kier molecular flexibility index (Phi) is 3.86. The van der Waals surface area contributed by atoms with Gasteiger partial charge in [-0.25, -0.2) is 9.78 Å². The van der Waals surface area contributed by atoms with E-state index in [1.54, 1.807) is 6.92 Å². The minimum atomic E-state index is -1.03. The van der Waals surface area contributed by atoms with Crippen LogP contribution in [0.2, 0.25) is 0 Å². The minimum absolute atomic E-state index is 0.0684. The monoisotopic (exact) mass is 369 g/mol. The van der Waals surface area contributed by atoms with Crippen molar-refractivity contribution in [2.75, 3.05) is 13.2 Å². The predicted octanol–water partition coefficient (Wildman–Crippen LogP) is 3.74. The maximum Gasteiger partial charge on any atom is 0.356 e. The maximum atomic E-state index is 11.3. The third-order valence-corrected chi connectivity index (χ3v) is 4.61. The van der Waals surface area contributed by atoms with Crippen LogP contribution in [-0.4, -0.2) is 29.3 Å². The molecular weight excluding hydrogens is 358 g/mol. The number of hydrogen-bond acceptors (Lipinski definition) is 5. The summed E-state index contributed by atoms with van der Waals surface area (Å²) in [6.45, 7) is 2.97. The predicted molar refractivity (Wildman–Crippen MR) is 82.6 cm³/mol. The molecule has 0 saturated heterocycles. The fourth-order valence-electron chi connectivity index (χ4n) is 2.13. The molecule has 0 amide bonds. The minimum Gasteiger partial charge on any atom is -0.489 e. The van der Waals surface area contributed by atoms with Crippen molar-refractivity contribution in [2.45, 2.75) is 13.3 Å². The first kappa shape index (κ1) is 14.3. The molecular formula is C14H12BrNO4S. The lowest BCUT2D eigenvalue weighted by molar-refractivity contribution is 0.0692. The van der Waals surface area contributed by atoms with E-state index in [9.17, 15) is 9.90 Å². The molecule has 1 aliphatic heterocycles. The van der Waals surface area contributed by atoms with Gasteiger partial charge in [-0.15, -0.1) is 11.3 Å². The molecule has 0 bridgehead atoms. The highest BCUT2D eigenvalue weighted by Gasteiger charge is 2.21. The Labute approximate surface area is 133 Å². The Balaban J connectivity index is 2.14. The molecule has 0 spiro atoms. The molecule has 2 heterocycles. The van der Waals surface area contributed by atoms with E-state index in [-0.39, 0.29) is 5.69 Å². The van der Waals surface area contributed by atoms with E-state index in [0.29, 0.717) is 34.6 Å². The second-order valence-electron chi connectivity index (χ2n) is 4.55. The summed E-state index contributed by atoms with van der Waals surface area (Å²) in [4.78, 5) is 16.0. The zero-order chi connectivity index (χ0) is 15.0.